The number of amides is 3. The molecule has 1 aliphatic carbocycles. The summed E-state index contributed by atoms with van der Waals surface area (Å²) in [5.74, 6) is 0.491. The van der Waals surface area contributed by atoms with Crippen LogP contribution in [0.15, 0.2) is 18.2 Å². The van der Waals surface area contributed by atoms with Crippen molar-refractivity contribution in [3.8, 4) is 0 Å². The maximum Gasteiger partial charge on any atom is 0.319 e. The molecule has 5 nitrogen and oxygen atoms in total. The first-order valence-electron chi connectivity index (χ1n) is 6.91. The number of hydrogen-bond acceptors (Lipinski definition) is 2. The Morgan fingerprint density at radius 1 is 1.25 bits per heavy atom. The van der Waals surface area contributed by atoms with Crippen LogP contribution >= 0.6 is 0 Å². The second-order valence-electron chi connectivity index (χ2n) is 5.44. The molecule has 0 heterocycles. The summed E-state index contributed by atoms with van der Waals surface area (Å²) < 4.78 is 0. The summed E-state index contributed by atoms with van der Waals surface area (Å²) in [6.07, 6.45) is 2.39. The average Bonchev–Trinajstić information content (AvgIpc) is 3.16. The Balaban J connectivity index is 1.97. The van der Waals surface area contributed by atoms with Crippen LogP contribution in [-0.2, 0) is 4.79 Å². The van der Waals surface area contributed by atoms with E-state index in [0.29, 0.717) is 17.3 Å². The van der Waals surface area contributed by atoms with Crippen LogP contribution in [0.25, 0.3) is 0 Å². The zero-order valence-corrected chi connectivity index (χ0v) is 12.1. The normalized spacial score (nSPS) is 15.3. The number of aryl methyl sites for hydroxylation is 1. The number of benzene rings is 1. The van der Waals surface area contributed by atoms with Gasteiger partial charge in [0, 0.05) is 24.3 Å². The molecule has 108 valence electrons. The summed E-state index contributed by atoms with van der Waals surface area (Å²) in [6, 6.07) is 5.45. The summed E-state index contributed by atoms with van der Waals surface area (Å²) in [6.45, 7) is 5.39. The van der Waals surface area contributed by atoms with Gasteiger partial charge < -0.3 is 16.0 Å². The van der Waals surface area contributed by atoms with Crippen molar-refractivity contribution in [1.29, 1.82) is 0 Å². The molecule has 5 heteroatoms. The van der Waals surface area contributed by atoms with E-state index in [1.54, 1.807) is 6.07 Å². The lowest BCUT2D eigenvalue weighted by Crippen LogP contribution is -2.37. The van der Waals surface area contributed by atoms with Crippen molar-refractivity contribution in [3.05, 3.63) is 23.8 Å². The van der Waals surface area contributed by atoms with Crippen LogP contribution in [0.1, 0.15) is 32.3 Å². The largest absolute Gasteiger partial charge is 0.335 e. The minimum atomic E-state index is -0.206. The first kappa shape index (κ1) is 14.4. The van der Waals surface area contributed by atoms with E-state index >= 15 is 0 Å². The van der Waals surface area contributed by atoms with Crippen LogP contribution in [-0.4, -0.2) is 18.0 Å². The van der Waals surface area contributed by atoms with Crippen LogP contribution in [0.3, 0.4) is 0 Å². The summed E-state index contributed by atoms with van der Waals surface area (Å²) in [5.41, 5.74) is 2.34. The van der Waals surface area contributed by atoms with E-state index in [2.05, 4.69) is 16.0 Å². The highest BCUT2D eigenvalue weighted by atomic mass is 16.2. The molecular formula is C15H21N3O2. The van der Waals surface area contributed by atoms with Crippen molar-refractivity contribution in [2.75, 3.05) is 10.6 Å². The van der Waals surface area contributed by atoms with Gasteiger partial charge in [0.05, 0.1) is 0 Å². The second-order valence-corrected chi connectivity index (χ2v) is 5.44. The third-order valence-electron chi connectivity index (χ3n) is 3.49. The predicted octanol–water partition coefficient (Wildman–Crippen LogP) is 2.87. The number of hydrogen-bond donors (Lipinski definition) is 3. The van der Waals surface area contributed by atoms with Gasteiger partial charge >= 0.3 is 6.03 Å². The van der Waals surface area contributed by atoms with Gasteiger partial charge in [-0.1, -0.05) is 6.07 Å². The van der Waals surface area contributed by atoms with E-state index in [4.69, 9.17) is 0 Å². The van der Waals surface area contributed by atoms with Crippen LogP contribution < -0.4 is 16.0 Å². The summed E-state index contributed by atoms with van der Waals surface area (Å²) in [5, 5.41) is 8.47. The average molecular weight is 275 g/mol. The molecule has 0 aliphatic heterocycles. The molecule has 1 saturated carbocycles. The maximum atomic E-state index is 11.9. The number of carbonyl (C=O) groups excluding carboxylic acids is 2. The van der Waals surface area contributed by atoms with Gasteiger partial charge in [-0.25, -0.2) is 4.79 Å². The first-order valence-corrected chi connectivity index (χ1v) is 6.91. The molecule has 1 fully saturated rings. The smallest absolute Gasteiger partial charge is 0.319 e. The topological polar surface area (TPSA) is 70.2 Å². The van der Waals surface area contributed by atoms with Crippen molar-refractivity contribution in [2.45, 2.75) is 39.7 Å². The Morgan fingerprint density at radius 2 is 1.95 bits per heavy atom. The molecule has 20 heavy (non-hydrogen) atoms. The zero-order chi connectivity index (χ0) is 14.7. The van der Waals surface area contributed by atoms with Crippen LogP contribution in [0.5, 0.6) is 0 Å². The molecule has 1 aliphatic rings. The molecule has 1 unspecified atom stereocenters. The Kier molecular flexibility index (Phi) is 4.27. The van der Waals surface area contributed by atoms with Crippen molar-refractivity contribution < 1.29 is 9.59 Å². The SMILES string of the molecule is CC(=O)Nc1cc(NC(=O)NC(C)C2CC2)ccc1C. The molecule has 3 amide bonds. The number of rotatable bonds is 4. The molecule has 1 aromatic carbocycles. The van der Waals surface area contributed by atoms with E-state index in [-0.39, 0.29) is 18.0 Å². The highest BCUT2D eigenvalue weighted by Gasteiger charge is 2.28. The molecule has 2 rings (SSSR count). The van der Waals surface area contributed by atoms with Crippen molar-refractivity contribution in [3.63, 3.8) is 0 Å². The van der Waals surface area contributed by atoms with Crippen LogP contribution in [0, 0.1) is 12.8 Å². The number of urea groups is 1. The van der Waals surface area contributed by atoms with Gasteiger partial charge in [-0.2, -0.15) is 0 Å². The van der Waals surface area contributed by atoms with Gasteiger partial charge in [-0.15, -0.1) is 0 Å². The van der Waals surface area contributed by atoms with Gasteiger partial charge in [0.15, 0.2) is 0 Å². The molecule has 0 saturated heterocycles. The van der Waals surface area contributed by atoms with Gasteiger partial charge in [-0.05, 0) is 50.3 Å². The fraction of sp³-hybridized carbons (Fsp3) is 0.467. The minimum Gasteiger partial charge on any atom is -0.335 e. The quantitative estimate of drug-likeness (QED) is 0.790. The molecule has 3 N–H and O–H groups in total. The van der Waals surface area contributed by atoms with E-state index in [1.807, 2.05) is 26.0 Å². The van der Waals surface area contributed by atoms with E-state index < -0.39 is 0 Å². The second kappa shape index (κ2) is 5.94. The summed E-state index contributed by atoms with van der Waals surface area (Å²) in [7, 11) is 0. The third-order valence-corrected chi connectivity index (χ3v) is 3.49. The Labute approximate surface area is 119 Å². The number of nitrogens with one attached hydrogen (secondary N) is 3. The van der Waals surface area contributed by atoms with Crippen molar-refractivity contribution >= 4 is 23.3 Å². The Bertz CT molecular complexity index is 524. The molecular weight excluding hydrogens is 254 g/mol. The molecule has 1 aromatic rings. The maximum absolute atomic E-state index is 11.9. The van der Waals surface area contributed by atoms with Gasteiger partial charge in [0.1, 0.15) is 0 Å². The lowest BCUT2D eigenvalue weighted by atomic mass is 10.1. The predicted molar refractivity (Wildman–Crippen MR) is 79.8 cm³/mol. The first-order chi connectivity index (χ1) is 9.45. The van der Waals surface area contributed by atoms with Gasteiger partial charge in [0.25, 0.3) is 0 Å². The zero-order valence-electron chi connectivity index (χ0n) is 12.1. The minimum absolute atomic E-state index is 0.128. The molecule has 0 radical (unpaired) electrons. The Hall–Kier alpha value is -2.04. The highest BCUT2D eigenvalue weighted by Crippen LogP contribution is 2.32. The molecule has 1 atom stereocenters. The Morgan fingerprint density at radius 3 is 2.55 bits per heavy atom. The molecule has 0 spiro atoms. The van der Waals surface area contributed by atoms with Crippen LogP contribution in [0.2, 0.25) is 0 Å². The number of carbonyl (C=O) groups is 2. The van der Waals surface area contributed by atoms with E-state index in [9.17, 15) is 9.59 Å². The highest BCUT2D eigenvalue weighted by molar-refractivity contribution is 5.93. The third kappa shape index (κ3) is 3.98. The molecule has 0 aromatic heterocycles. The standard InChI is InChI=1S/C15H21N3O2/c1-9-4-7-13(8-14(9)17-11(3)19)18-15(20)16-10(2)12-5-6-12/h4,7-8,10,12H,5-6H2,1-3H3,(H,17,19)(H2,16,18,20). The van der Waals surface area contributed by atoms with Crippen molar-refractivity contribution in [2.24, 2.45) is 5.92 Å². The van der Waals surface area contributed by atoms with Gasteiger partial charge in [-0.3, -0.25) is 4.79 Å². The van der Waals surface area contributed by atoms with E-state index in [0.717, 1.165) is 5.56 Å². The molecule has 0 bridgehead atoms. The van der Waals surface area contributed by atoms with Crippen molar-refractivity contribution in [1.82, 2.24) is 5.32 Å². The fourth-order valence-corrected chi connectivity index (χ4v) is 2.11. The van der Waals surface area contributed by atoms with Crippen LogP contribution in [0.4, 0.5) is 16.2 Å². The lowest BCUT2D eigenvalue weighted by molar-refractivity contribution is -0.114. The monoisotopic (exact) mass is 275 g/mol. The summed E-state index contributed by atoms with van der Waals surface area (Å²) >= 11 is 0. The number of anilines is 2. The van der Waals surface area contributed by atoms with E-state index in [1.165, 1.54) is 19.8 Å². The van der Waals surface area contributed by atoms with Gasteiger partial charge in [0.2, 0.25) is 5.91 Å². The lowest BCUT2D eigenvalue weighted by Gasteiger charge is -2.15. The summed E-state index contributed by atoms with van der Waals surface area (Å²) in [4.78, 5) is 23.0. The fourth-order valence-electron chi connectivity index (χ4n) is 2.11.